The van der Waals surface area contributed by atoms with Gasteiger partial charge in [0.1, 0.15) is 11.2 Å². The van der Waals surface area contributed by atoms with Crippen LogP contribution >= 0.6 is 0 Å². The second-order valence-electron chi connectivity index (χ2n) is 17.4. The third-order valence-corrected chi connectivity index (χ3v) is 13.1. The summed E-state index contributed by atoms with van der Waals surface area (Å²) in [6.45, 7) is 4.71. The summed E-state index contributed by atoms with van der Waals surface area (Å²) in [5.74, 6) is 0.683. The molecule has 2 heterocycles. The van der Waals surface area contributed by atoms with Crippen LogP contribution in [0.2, 0.25) is 0 Å². The normalized spacial score (nSPS) is 12.7. The second kappa shape index (κ2) is 15.0. The Bertz CT molecular complexity index is 3570. The Morgan fingerprint density at radius 3 is 1.66 bits per heavy atom. The van der Waals surface area contributed by atoms with Gasteiger partial charge in [-0.05, 0) is 121 Å². The van der Waals surface area contributed by atoms with Gasteiger partial charge in [0, 0.05) is 32.9 Å². The molecule has 0 aliphatic heterocycles. The second-order valence-corrected chi connectivity index (χ2v) is 17.4. The summed E-state index contributed by atoms with van der Waals surface area (Å²) in [6.07, 6.45) is 0. The highest BCUT2D eigenvalue weighted by molar-refractivity contribution is 6.06. The molecule has 0 saturated heterocycles. The molecule has 11 aromatic rings. The molecule has 3 nitrogen and oxygen atoms in total. The SMILES string of the molecule is CC1(C)c2cc(-c3cccc(-c4cc(-c5cc(-c6ccccc6)cc(-c6ccc7oc8ccccc8c7c6)c5)nc(-c5ccccc5)n4)c3)ccc2-c2c(-c3ccccc3)cccc21. The average Bonchev–Trinajstić information content (AvgIpc) is 3.85. The number of fused-ring (bicyclic) bond motifs is 6. The van der Waals surface area contributed by atoms with Crippen molar-refractivity contribution in [1.29, 1.82) is 0 Å². The highest BCUT2D eigenvalue weighted by Gasteiger charge is 2.37. The van der Waals surface area contributed by atoms with Crippen molar-refractivity contribution in [3.63, 3.8) is 0 Å². The predicted molar refractivity (Wildman–Crippen MR) is 265 cm³/mol. The van der Waals surface area contributed by atoms with E-state index in [1.54, 1.807) is 0 Å². The van der Waals surface area contributed by atoms with E-state index in [0.717, 1.165) is 77.8 Å². The van der Waals surface area contributed by atoms with E-state index in [9.17, 15) is 0 Å². The zero-order chi connectivity index (χ0) is 42.8. The van der Waals surface area contributed by atoms with Crippen LogP contribution in [0.4, 0.5) is 0 Å². The van der Waals surface area contributed by atoms with E-state index in [1.165, 1.54) is 38.9 Å². The van der Waals surface area contributed by atoms with Crippen molar-refractivity contribution in [3.05, 3.63) is 230 Å². The van der Waals surface area contributed by atoms with Gasteiger partial charge >= 0.3 is 0 Å². The van der Waals surface area contributed by atoms with E-state index in [1.807, 2.05) is 30.3 Å². The van der Waals surface area contributed by atoms with E-state index in [-0.39, 0.29) is 5.41 Å². The lowest BCUT2D eigenvalue weighted by molar-refractivity contribution is 0.660. The monoisotopic (exact) mass is 818 g/mol. The quantitative estimate of drug-likeness (QED) is 0.161. The molecule has 0 atom stereocenters. The van der Waals surface area contributed by atoms with Crippen LogP contribution in [-0.4, -0.2) is 9.97 Å². The van der Waals surface area contributed by atoms with Crippen molar-refractivity contribution in [3.8, 4) is 89.5 Å². The summed E-state index contributed by atoms with van der Waals surface area (Å²) in [6, 6.07) is 78.0. The summed E-state index contributed by atoms with van der Waals surface area (Å²) in [4.78, 5) is 10.6. The summed E-state index contributed by atoms with van der Waals surface area (Å²) in [5, 5.41) is 2.21. The van der Waals surface area contributed by atoms with Gasteiger partial charge in [0.25, 0.3) is 0 Å². The van der Waals surface area contributed by atoms with Crippen molar-refractivity contribution in [2.75, 3.05) is 0 Å². The summed E-state index contributed by atoms with van der Waals surface area (Å²) in [7, 11) is 0. The Hall–Kier alpha value is -8.14. The number of furan rings is 1. The molecule has 3 heteroatoms. The molecule has 64 heavy (non-hydrogen) atoms. The average molecular weight is 819 g/mol. The lowest BCUT2D eigenvalue weighted by Crippen LogP contribution is -2.15. The van der Waals surface area contributed by atoms with Crippen molar-refractivity contribution >= 4 is 21.9 Å². The fourth-order valence-electron chi connectivity index (χ4n) is 9.79. The number of aromatic nitrogens is 2. The topological polar surface area (TPSA) is 38.9 Å². The van der Waals surface area contributed by atoms with Gasteiger partial charge in [0.2, 0.25) is 0 Å². The minimum Gasteiger partial charge on any atom is -0.456 e. The third-order valence-electron chi connectivity index (χ3n) is 13.1. The maximum absolute atomic E-state index is 6.22. The molecule has 1 aliphatic carbocycles. The van der Waals surface area contributed by atoms with E-state index in [0.29, 0.717) is 5.82 Å². The van der Waals surface area contributed by atoms with Gasteiger partial charge in [-0.3, -0.25) is 0 Å². The molecule has 12 rings (SSSR count). The Balaban J connectivity index is 0.988. The highest BCUT2D eigenvalue weighted by atomic mass is 16.3. The molecule has 0 bridgehead atoms. The number of rotatable bonds is 7. The molecule has 2 aromatic heterocycles. The molecule has 0 unspecified atom stereocenters. The molecule has 0 radical (unpaired) electrons. The molecule has 0 fully saturated rings. The van der Waals surface area contributed by atoms with Crippen LogP contribution in [-0.2, 0) is 5.41 Å². The molecule has 302 valence electrons. The Kier molecular flexibility index (Phi) is 8.84. The van der Waals surface area contributed by atoms with Crippen molar-refractivity contribution in [1.82, 2.24) is 9.97 Å². The van der Waals surface area contributed by atoms with Crippen LogP contribution < -0.4 is 0 Å². The lowest BCUT2D eigenvalue weighted by Gasteiger charge is -2.22. The number of hydrogen-bond donors (Lipinski definition) is 0. The van der Waals surface area contributed by atoms with E-state index < -0.39 is 0 Å². The largest absolute Gasteiger partial charge is 0.456 e. The van der Waals surface area contributed by atoms with Crippen molar-refractivity contribution in [2.45, 2.75) is 19.3 Å². The molecule has 0 N–H and O–H groups in total. The van der Waals surface area contributed by atoms with Gasteiger partial charge in [0.05, 0.1) is 11.4 Å². The maximum Gasteiger partial charge on any atom is 0.160 e. The van der Waals surface area contributed by atoms with E-state index in [2.05, 4.69) is 202 Å². The summed E-state index contributed by atoms with van der Waals surface area (Å²) < 4.78 is 6.22. The standard InChI is InChI=1S/C61H42N2O/c1-61(2)53-26-15-25-49(40-18-8-4-9-19-40)59(53)51-30-28-44(37-54(51)61)42-22-14-23-45(32-42)55-38-56(63-60(62-55)41-20-10-5-11-21-41)48-34-46(39-16-6-3-7-17-39)33-47(35-48)43-29-31-58-52(36-43)50-24-12-13-27-57(50)64-58/h3-38H,1-2H3. The van der Waals surface area contributed by atoms with Crippen LogP contribution in [0, 0.1) is 0 Å². The van der Waals surface area contributed by atoms with Crippen LogP contribution in [0.3, 0.4) is 0 Å². The molecular formula is C61H42N2O. The first-order valence-corrected chi connectivity index (χ1v) is 22.0. The maximum atomic E-state index is 6.22. The Morgan fingerprint density at radius 2 is 0.875 bits per heavy atom. The van der Waals surface area contributed by atoms with Gasteiger partial charge in [-0.25, -0.2) is 9.97 Å². The van der Waals surface area contributed by atoms with E-state index >= 15 is 0 Å². The third kappa shape index (κ3) is 6.44. The Labute approximate surface area is 373 Å². The van der Waals surface area contributed by atoms with Crippen LogP contribution in [0.1, 0.15) is 25.0 Å². The minimum atomic E-state index is -0.152. The summed E-state index contributed by atoms with van der Waals surface area (Å²) in [5.41, 5.74) is 21.0. The number of para-hydroxylation sites is 1. The minimum absolute atomic E-state index is 0.152. The fourth-order valence-corrected chi connectivity index (χ4v) is 9.79. The molecule has 1 aliphatic rings. The molecular weight excluding hydrogens is 777 g/mol. The molecule has 0 spiro atoms. The first-order valence-electron chi connectivity index (χ1n) is 22.0. The van der Waals surface area contributed by atoms with Gasteiger partial charge in [-0.1, -0.05) is 178 Å². The smallest absolute Gasteiger partial charge is 0.160 e. The number of nitrogens with zero attached hydrogens (tertiary/aromatic N) is 2. The van der Waals surface area contributed by atoms with Gasteiger partial charge < -0.3 is 4.42 Å². The van der Waals surface area contributed by atoms with Crippen LogP contribution in [0.15, 0.2) is 223 Å². The first kappa shape index (κ1) is 37.6. The molecule has 9 aromatic carbocycles. The van der Waals surface area contributed by atoms with E-state index in [4.69, 9.17) is 14.4 Å². The van der Waals surface area contributed by atoms with Gasteiger partial charge in [0.15, 0.2) is 5.82 Å². The Morgan fingerprint density at radius 1 is 0.328 bits per heavy atom. The first-order chi connectivity index (χ1) is 31.4. The lowest BCUT2D eigenvalue weighted by atomic mass is 9.81. The number of hydrogen-bond acceptors (Lipinski definition) is 3. The van der Waals surface area contributed by atoms with Crippen molar-refractivity contribution in [2.24, 2.45) is 0 Å². The summed E-state index contributed by atoms with van der Waals surface area (Å²) >= 11 is 0. The zero-order valence-corrected chi connectivity index (χ0v) is 35.6. The highest BCUT2D eigenvalue weighted by Crippen LogP contribution is 2.53. The van der Waals surface area contributed by atoms with Gasteiger partial charge in [-0.15, -0.1) is 0 Å². The van der Waals surface area contributed by atoms with Crippen LogP contribution in [0.25, 0.3) is 111 Å². The van der Waals surface area contributed by atoms with Crippen LogP contribution in [0.5, 0.6) is 0 Å². The fraction of sp³-hybridized carbons (Fsp3) is 0.0492. The predicted octanol–water partition coefficient (Wildman–Crippen LogP) is 16.4. The molecule has 0 amide bonds. The van der Waals surface area contributed by atoms with Gasteiger partial charge in [-0.2, -0.15) is 0 Å². The molecule has 0 saturated carbocycles. The number of benzene rings is 9. The zero-order valence-electron chi connectivity index (χ0n) is 35.6. The van der Waals surface area contributed by atoms with Crippen molar-refractivity contribution < 1.29 is 4.42 Å².